The molecule has 0 atom stereocenters. The number of rotatable bonds is 5. The van der Waals surface area contributed by atoms with Gasteiger partial charge in [0.1, 0.15) is 0 Å². The molecule has 2 aromatic carbocycles. The Labute approximate surface area is 166 Å². The van der Waals surface area contributed by atoms with Crippen molar-refractivity contribution in [1.29, 1.82) is 0 Å². The lowest BCUT2D eigenvalue weighted by Gasteiger charge is -2.28. The summed E-state index contributed by atoms with van der Waals surface area (Å²) in [6.45, 7) is 6.71. The predicted molar refractivity (Wildman–Crippen MR) is 112 cm³/mol. The number of anilines is 2. The van der Waals surface area contributed by atoms with E-state index in [-0.39, 0.29) is 5.78 Å². The van der Waals surface area contributed by atoms with Gasteiger partial charge in [0.15, 0.2) is 5.78 Å². The van der Waals surface area contributed by atoms with E-state index in [0.717, 1.165) is 63.9 Å². The number of carbonyl (C=O) groups is 1. The predicted octanol–water partition coefficient (Wildman–Crippen LogP) is 3.26. The number of hydrogen-bond acceptors (Lipinski definition) is 5. The lowest BCUT2D eigenvalue weighted by molar-refractivity contribution is 0.104. The van der Waals surface area contributed by atoms with E-state index in [1.807, 2.05) is 30.3 Å². The fraction of sp³-hybridized carbons (Fsp3) is 0.348. The van der Waals surface area contributed by atoms with E-state index >= 15 is 0 Å². The molecule has 0 unspecified atom stereocenters. The fourth-order valence-electron chi connectivity index (χ4n) is 3.54. The molecule has 2 aliphatic heterocycles. The summed E-state index contributed by atoms with van der Waals surface area (Å²) in [5.74, 6) is 0.0192. The van der Waals surface area contributed by atoms with Crippen molar-refractivity contribution in [3.8, 4) is 0 Å². The first-order chi connectivity index (χ1) is 13.8. The van der Waals surface area contributed by atoms with Crippen LogP contribution in [0.15, 0.2) is 54.6 Å². The zero-order valence-corrected chi connectivity index (χ0v) is 16.0. The second kappa shape index (κ2) is 9.04. The minimum Gasteiger partial charge on any atom is -0.378 e. The Morgan fingerprint density at radius 3 is 1.68 bits per heavy atom. The maximum absolute atomic E-state index is 12.5. The van der Waals surface area contributed by atoms with Crippen molar-refractivity contribution < 1.29 is 14.3 Å². The molecule has 0 bridgehead atoms. The van der Waals surface area contributed by atoms with Crippen LogP contribution < -0.4 is 9.80 Å². The van der Waals surface area contributed by atoms with E-state index in [9.17, 15) is 4.79 Å². The van der Waals surface area contributed by atoms with Crippen molar-refractivity contribution in [2.24, 2.45) is 0 Å². The van der Waals surface area contributed by atoms with Gasteiger partial charge in [-0.15, -0.1) is 0 Å². The second-order valence-corrected chi connectivity index (χ2v) is 7.03. The van der Waals surface area contributed by atoms with Crippen molar-refractivity contribution in [2.75, 3.05) is 62.4 Å². The third-order valence-electron chi connectivity index (χ3n) is 5.22. The quantitative estimate of drug-likeness (QED) is 0.590. The lowest BCUT2D eigenvalue weighted by atomic mass is 10.1. The number of nitrogens with zero attached hydrogens (tertiary/aromatic N) is 2. The molecule has 28 heavy (non-hydrogen) atoms. The highest BCUT2D eigenvalue weighted by Gasteiger charge is 2.12. The minimum absolute atomic E-state index is 0.0192. The molecule has 4 rings (SSSR count). The van der Waals surface area contributed by atoms with Crippen LogP contribution >= 0.6 is 0 Å². The molecular weight excluding hydrogens is 352 g/mol. The van der Waals surface area contributed by atoms with E-state index in [4.69, 9.17) is 9.47 Å². The molecule has 0 saturated carbocycles. The van der Waals surface area contributed by atoms with Gasteiger partial charge in [0.05, 0.1) is 26.4 Å². The number of hydrogen-bond donors (Lipinski definition) is 0. The number of allylic oxidation sites excluding steroid dienone is 1. The molecule has 0 aliphatic carbocycles. The summed E-state index contributed by atoms with van der Waals surface area (Å²) in [7, 11) is 0. The number of ether oxygens (including phenoxy) is 2. The molecule has 2 saturated heterocycles. The van der Waals surface area contributed by atoms with Crippen molar-refractivity contribution in [3.05, 3.63) is 65.7 Å². The maximum Gasteiger partial charge on any atom is 0.185 e. The lowest BCUT2D eigenvalue weighted by Crippen LogP contribution is -2.36. The highest BCUT2D eigenvalue weighted by atomic mass is 16.5. The molecule has 0 radical (unpaired) electrons. The van der Waals surface area contributed by atoms with Crippen molar-refractivity contribution >= 4 is 23.2 Å². The van der Waals surface area contributed by atoms with Gasteiger partial charge in [0, 0.05) is 43.1 Å². The molecule has 5 heteroatoms. The van der Waals surface area contributed by atoms with Crippen LogP contribution in [0.2, 0.25) is 0 Å². The molecule has 0 aromatic heterocycles. The summed E-state index contributed by atoms with van der Waals surface area (Å²) in [4.78, 5) is 17.1. The third-order valence-corrected chi connectivity index (χ3v) is 5.22. The molecule has 0 spiro atoms. The van der Waals surface area contributed by atoms with Crippen LogP contribution in [0.3, 0.4) is 0 Å². The average molecular weight is 378 g/mol. The Bertz CT molecular complexity index is 803. The molecule has 2 fully saturated rings. The van der Waals surface area contributed by atoms with Gasteiger partial charge >= 0.3 is 0 Å². The first kappa shape index (κ1) is 18.7. The van der Waals surface area contributed by atoms with Crippen molar-refractivity contribution in [1.82, 2.24) is 0 Å². The molecule has 0 amide bonds. The van der Waals surface area contributed by atoms with Crippen molar-refractivity contribution in [2.45, 2.75) is 0 Å². The van der Waals surface area contributed by atoms with Crippen LogP contribution in [0.1, 0.15) is 15.9 Å². The summed E-state index contributed by atoms with van der Waals surface area (Å²) >= 11 is 0. The first-order valence-electron chi connectivity index (χ1n) is 9.87. The second-order valence-electron chi connectivity index (χ2n) is 7.03. The van der Waals surface area contributed by atoms with Crippen LogP contribution in [0.4, 0.5) is 11.4 Å². The summed E-state index contributed by atoms with van der Waals surface area (Å²) in [5, 5.41) is 0. The summed E-state index contributed by atoms with van der Waals surface area (Å²) in [6, 6.07) is 16.1. The first-order valence-corrected chi connectivity index (χ1v) is 9.87. The molecule has 2 aliphatic rings. The topological polar surface area (TPSA) is 42.0 Å². The minimum atomic E-state index is 0.0192. The summed E-state index contributed by atoms with van der Waals surface area (Å²) in [6.07, 6.45) is 3.52. The van der Waals surface area contributed by atoms with E-state index < -0.39 is 0 Å². The van der Waals surface area contributed by atoms with E-state index in [1.54, 1.807) is 6.08 Å². The van der Waals surface area contributed by atoms with Gasteiger partial charge < -0.3 is 19.3 Å². The highest BCUT2D eigenvalue weighted by Crippen LogP contribution is 2.19. The monoisotopic (exact) mass is 378 g/mol. The van der Waals surface area contributed by atoms with Crippen molar-refractivity contribution in [3.63, 3.8) is 0 Å². The van der Waals surface area contributed by atoms with Crippen LogP contribution in [0, 0.1) is 0 Å². The Morgan fingerprint density at radius 2 is 1.18 bits per heavy atom. The van der Waals surface area contributed by atoms with Crippen LogP contribution in [-0.2, 0) is 9.47 Å². The van der Waals surface area contributed by atoms with Gasteiger partial charge in [0.2, 0.25) is 0 Å². The average Bonchev–Trinajstić information content (AvgIpc) is 2.79. The smallest absolute Gasteiger partial charge is 0.185 e. The Hall–Kier alpha value is -2.63. The van der Waals surface area contributed by atoms with Gasteiger partial charge in [-0.1, -0.05) is 18.2 Å². The molecule has 5 nitrogen and oxygen atoms in total. The summed E-state index contributed by atoms with van der Waals surface area (Å²) < 4.78 is 10.8. The number of benzene rings is 2. The Kier molecular flexibility index (Phi) is 6.04. The highest BCUT2D eigenvalue weighted by molar-refractivity contribution is 6.07. The Balaban J connectivity index is 1.36. The number of morpholine rings is 2. The zero-order valence-electron chi connectivity index (χ0n) is 16.0. The number of ketones is 1. The molecule has 0 N–H and O–H groups in total. The molecule has 2 heterocycles. The third kappa shape index (κ3) is 4.61. The van der Waals surface area contributed by atoms with Gasteiger partial charge in [0.25, 0.3) is 0 Å². The van der Waals surface area contributed by atoms with Crippen LogP contribution in [0.5, 0.6) is 0 Å². The standard InChI is InChI=1S/C23H26N2O3/c26-23(20-4-8-22(9-5-20)25-13-17-28-18-14-25)10-3-19-1-6-21(7-2-19)24-11-15-27-16-12-24/h1-10H,11-18H2/b10-3+. The largest absolute Gasteiger partial charge is 0.378 e. The Morgan fingerprint density at radius 1 is 0.714 bits per heavy atom. The van der Waals surface area contributed by atoms with Crippen LogP contribution in [-0.4, -0.2) is 58.4 Å². The van der Waals surface area contributed by atoms with Gasteiger partial charge in [-0.05, 0) is 48.0 Å². The van der Waals surface area contributed by atoms with Gasteiger partial charge in [-0.3, -0.25) is 4.79 Å². The number of carbonyl (C=O) groups excluding carboxylic acids is 1. The molecule has 2 aromatic rings. The maximum atomic E-state index is 12.5. The normalized spacial score (nSPS) is 17.9. The molecular formula is C23H26N2O3. The SMILES string of the molecule is O=C(/C=C/c1ccc(N2CCOCC2)cc1)c1ccc(N2CCOCC2)cc1. The van der Waals surface area contributed by atoms with Crippen LogP contribution in [0.25, 0.3) is 6.08 Å². The van der Waals surface area contributed by atoms with E-state index in [2.05, 4.69) is 34.1 Å². The zero-order chi connectivity index (χ0) is 19.2. The van der Waals surface area contributed by atoms with E-state index in [1.165, 1.54) is 5.69 Å². The fourth-order valence-corrected chi connectivity index (χ4v) is 3.54. The van der Waals surface area contributed by atoms with Gasteiger partial charge in [-0.25, -0.2) is 0 Å². The van der Waals surface area contributed by atoms with Gasteiger partial charge in [-0.2, -0.15) is 0 Å². The van der Waals surface area contributed by atoms with E-state index in [0.29, 0.717) is 5.56 Å². The molecule has 146 valence electrons. The summed E-state index contributed by atoms with van der Waals surface area (Å²) in [5.41, 5.74) is 4.07.